The van der Waals surface area contributed by atoms with Crippen LogP contribution in [0.3, 0.4) is 0 Å². The summed E-state index contributed by atoms with van der Waals surface area (Å²) in [6.07, 6.45) is 1.20. The highest BCUT2D eigenvalue weighted by atomic mass is 32.2. The van der Waals surface area contributed by atoms with Gasteiger partial charge in [-0.25, -0.2) is 0 Å². The molecule has 16 heavy (non-hydrogen) atoms. The Morgan fingerprint density at radius 2 is 2.06 bits per heavy atom. The Labute approximate surface area is 103 Å². The van der Waals surface area contributed by atoms with Gasteiger partial charge in [0.05, 0.1) is 6.61 Å². The van der Waals surface area contributed by atoms with E-state index in [4.69, 9.17) is 4.74 Å². The van der Waals surface area contributed by atoms with Crippen LogP contribution >= 0.6 is 11.8 Å². The van der Waals surface area contributed by atoms with E-state index in [1.54, 1.807) is 7.11 Å². The maximum atomic E-state index is 4.97. The highest BCUT2D eigenvalue weighted by Gasteiger charge is 1.96. The predicted octanol–water partition coefficient (Wildman–Crippen LogP) is 2.71. The quantitative estimate of drug-likeness (QED) is 0.557. The molecule has 1 aromatic carbocycles. The molecule has 0 unspecified atom stereocenters. The largest absolute Gasteiger partial charge is 0.383 e. The first-order chi connectivity index (χ1) is 7.84. The summed E-state index contributed by atoms with van der Waals surface area (Å²) in [7, 11) is 1.73. The first-order valence-corrected chi connectivity index (χ1v) is 6.71. The van der Waals surface area contributed by atoms with E-state index in [2.05, 4.69) is 36.5 Å². The van der Waals surface area contributed by atoms with Crippen molar-refractivity contribution < 1.29 is 4.74 Å². The van der Waals surface area contributed by atoms with E-state index in [0.717, 1.165) is 19.7 Å². The van der Waals surface area contributed by atoms with E-state index in [-0.39, 0.29) is 0 Å². The van der Waals surface area contributed by atoms with Crippen LogP contribution in [0.5, 0.6) is 0 Å². The zero-order valence-electron chi connectivity index (χ0n) is 10.2. The number of rotatable bonds is 8. The number of benzene rings is 1. The van der Waals surface area contributed by atoms with Crippen molar-refractivity contribution in [1.82, 2.24) is 5.32 Å². The van der Waals surface area contributed by atoms with E-state index in [1.807, 2.05) is 11.8 Å². The zero-order chi connectivity index (χ0) is 11.6. The Hall–Kier alpha value is -0.510. The molecule has 0 aliphatic carbocycles. The van der Waals surface area contributed by atoms with E-state index >= 15 is 0 Å². The van der Waals surface area contributed by atoms with Crippen molar-refractivity contribution in [2.75, 3.05) is 32.6 Å². The highest BCUT2D eigenvalue weighted by Crippen LogP contribution is 2.21. The molecule has 1 aromatic rings. The Balaban J connectivity index is 2.05. The number of aryl methyl sites for hydroxylation is 1. The first kappa shape index (κ1) is 13.6. The topological polar surface area (TPSA) is 21.3 Å². The highest BCUT2D eigenvalue weighted by molar-refractivity contribution is 7.99. The van der Waals surface area contributed by atoms with E-state index in [1.165, 1.54) is 22.6 Å². The molecule has 1 N–H and O–H groups in total. The molecule has 0 spiro atoms. The van der Waals surface area contributed by atoms with Gasteiger partial charge in [0.1, 0.15) is 0 Å². The Morgan fingerprint density at radius 3 is 2.81 bits per heavy atom. The van der Waals surface area contributed by atoms with Gasteiger partial charge >= 0.3 is 0 Å². The number of thioether (sulfide) groups is 1. The average molecular weight is 239 g/mol. The number of hydrogen-bond donors (Lipinski definition) is 1. The summed E-state index contributed by atoms with van der Waals surface area (Å²) in [5.41, 5.74) is 1.37. The normalized spacial score (nSPS) is 10.6. The fourth-order valence-electron chi connectivity index (χ4n) is 1.40. The lowest BCUT2D eigenvalue weighted by atomic mass is 10.2. The molecule has 0 atom stereocenters. The van der Waals surface area contributed by atoms with Crippen molar-refractivity contribution in [2.45, 2.75) is 18.2 Å². The number of nitrogens with one attached hydrogen (secondary N) is 1. The molecule has 0 fully saturated rings. The van der Waals surface area contributed by atoms with E-state index < -0.39 is 0 Å². The summed E-state index contributed by atoms with van der Waals surface area (Å²) in [4.78, 5) is 1.40. The van der Waals surface area contributed by atoms with Crippen LogP contribution in [-0.4, -0.2) is 32.6 Å². The summed E-state index contributed by atoms with van der Waals surface area (Å²) in [5.74, 6) is 1.17. The van der Waals surface area contributed by atoms with Crippen LogP contribution in [0.1, 0.15) is 12.0 Å². The minimum atomic E-state index is 0.797. The molecule has 0 amide bonds. The van der Waals surface area contributed by atoms with Gasteiger partial charge in [0, 0.05) is 18.6 Å². The smallest absolute Gasteiger partial charge is 0.0587 e. The molecule has 0 heterocycles. The van der Waals surface area contributed by atoms with Gasteiger partial charge in [0.25, 0.3) is 0 Å². The second-order valence-electron chi connectivity index (χ2n) is 3.71. The van der Waals surface area contributed by atoms with Crippen LogP contribution in [0, 0.1) is 6.92 Å². The van der Waals surface area contributed by atoms with Crippen LogP contribution in [0.25, 0.3) is 0 Å². The van der Waals surface area contributed by atoms with Crippen LogP contribution in [0.15, 0.2) is 29.2 Å². The lowest BCUT2D eigenvalue weighted by Crippen LogP contribution is -2.20. The minimum absolute atomic E-state index is 0.797. The molecular weight excluding hydrogens is 218 g/mol. The third kappa shape index (κ3) is 5.54. The van der Waals surface area contributed by atoms with Crippen molar-refractivity contribution >= 4 is 11.8 Å². The summed E-state index contributed by atoms with van der Waals surface area (Å²) in [6, 6.07) is 8.55. The molecule has 0 saturated heterocycles. The summed E-state index contributed by atoms with van der Waals surface area (Å²) >= 11 is 1.94. The van der Waals surface area contributed by atoms with Crippen molar-refractivity contribution in [3.05, 3.63) is 29.8 Å². The molecule has 2 nitrogen and oxygen atoms in total. The van der Waals surface area contributed by atoms with E-state index in [0.29, 0.717) is 0 Å². The Bertz CT molecular complexity index is 291. The van der Waals surface area contributed by atoms with Gasteiger partial charge in [-0.05, 0) is 37.3 Å². The second kappa shape index (κ2) is 8.62. The lowest BCUT2D eigenvalue weighted by Gasteiger charge is -2.06. The van der Waals surface area contributed by atoms with Crippen LogP contribution < -0.4 is 5.32 Å². The van der Waals surface area contributed by atoms with Gasteiger partial charge in [0.15, 0.2) is 0 Å². The molecule has 0 radical (unpaired) electrons. The molecule has 90 valence electrons. The maximum Gasteiger partial charge on any atom is 0.0587 e. The molecule has 0 aliphatic heterocycles. The van der Waals surface area contributed by atoms with Gasteiger partial charge in [-0.15, -0.1) is 11.8 Å². The average Bonchev–Trinajstić information content (AvgIpc) is 2.30. The molecular formula is C13H21NOS. The predicted molar refractivity (Wildman–Crippen MR) is 71.3 cm³/mol. The lowest BCUT2D eigenvalue weighted by molar-refractivity contribution is 0.199. The van der Waals surface area contributed by atoms with Crippen molar-refractivity contribution in [3.63, 3.8) is 0 Å². The molecule has 0 aliphatic rings. The Kier molecular flexibility index (Phi) is 7.30. The van der Waals surface area contributed by atoms with Gasteiger partial charge in [-0.3, -0.25) is 0 Å². The SMILES string of the molecule is COCCNCCCSc1ccccc1C. The molecule has 0 saturated carbocycles. The van der Waals surface area contributed by atoms with Crippen molar-refractivity contribution in [2.24, 2.45) is 0 Å². The van der Waals surface area contributed by atoms with E-state index in [9.17, 15) is 0 Å². The fourth-order valence-corrected chi connectivity index (χ4v) is 2.38. The minimum Gasteiger partial charge on any atom is -0.383 e. The Morgan fingerprint density at radius 1 is 1.25 bits per heavy atom. The molecule has 3 heteroatoms. The van der Waals surface area contributed by atoms with Crippen LogP contribution in [0.4, 0.5) is 0 Å². The van der Waals surface area contributed by atoms with Crippen LogP contribution in [-0.2, 0) is 4.74 Å². The van der Waals surface area contributed by atoms with Gasteiger partial charge in [-0.2, -0.15) is 0 Å². The number of methoxy groups -OCH3 is 1. The molecule has 0 aromatic heterocycles. The second-order valence-corrected chi connectivity index (χ2v) is 4.85. The van der Waals surface area contributed by atoms with Crippen molar-refractivity contribution in [1.29, 1.82) is 0 Å². The first-order valence-electron chi connectivity index (χ1n) is 5.72. The summed E-state index contributed by atoms with van der Waals surface area (Å²) < 4.78 is 4.97. The number of hydrogen-bond acceptors (Lipinski definition) is 3. The number of ether oxygens (including phenoxy) is 1. The van der Waals surface area contributed by atoms with Gasteiger partial charge in [-0.1, -0.05) is 18.2 Å². The van der Waals surface area contributed by atoms with Gasteiger partial charge < -0.3 is 10.1 Å². The third-order valence-electron chi connectivity index (χ3n) is 2.33. The monoisotopic (exact) mass is 239 g/mol. The standard InChI is InChI=1S/C13H21NOS/c1-12-6-3-4-7-13(12)16-11-5-8-14-9-10-15-2/h3-4,6-7,14H,5,8-11H2,1-2H3. The fraction of sp³-hybridized carbons (Fsp3) is 0.538. The van der Waals surface area contributed by atoms with Gasteiger partial charge in [0.2, 0.25) is 0 Å². The molecule has 0 bridgehead atoms. The van der Waals surface area contributed by atoms with Crippen LogP contribution in [0.2, 0.25) is 0 Å². The third-order valence-corrected chi connectivity index (χ3v) is 3.59. The maximum absolute atomic E-state index is 4.97. The zero-order valence-corrected chi connectivity index (χ0v) is 11.0. The van der Waals surface area contributed by atoms with Crippen molar-refractivity contribution in [3.8, 4) is 0 Å². The molecule has 1 rings (SSSR count). The summed E-state index contributed by atoms with van der Waals surface area (Å²) in [5, 5.41) is 3.35. The summed E-state index contributed by atoms with van der Waals surface area (Å²) in [6.45, 7) is 4.98.